The van der Waals surface area contributed by atoms with E-state index < -0.39 is 25.8 Å². The van der Waals surface area contributed by atoms with Crippen molar-refractivity contribution < 1.29 is 21.9 Å². The summed E-state index contributed by atoms with van der Waals surface area (Å²) >= 11 is 0. The van der Waals surface area contributed by atoms with Crippen molar-refractivity contribution in [2.45, 2.75) is 11.8 Å². The summed E-state index contributed by atoms with van der Waals surface area (Å²) in [5.41, 5.74) is 0.266. The molecule has 0 atom stereocenters. The van der Waals surface area contributed by atoms with Crippen molar-refractivity contribution in [2.24, 2.45) is 0 Å². The molecule has 0 aliphatic heterocycles. The number of anilines is 1. The van der Waals surface area contributed by atoms with Gasteiger partial charge in [0.25, 0.3) is 0 Å². The molecule has 0 aromatic heterocycles. The second-order valence-corrected chi connectivity index (χ2v) is 8.17. The van der Waals surface area contributed by atoms with Gasteiger partial charge in [0.05, 0.1) is 11.9 Å². The Kier molecular flexibility index (Phi) is 4.32. The number of rotatable bonds is 5. The lowest BCUT2D eigenvalue weighted by Gasteiger charge is -2.12. The fourth-order valence-corrected chi connectivity index (χ4v) is 3.82. The van der Waals surface area contributed by atoms with Crippen LogP contribution in [0.4, 0.5) is 5.69 Å². The van der Waals surface area contributed by atoms with Crippen LogP contribution in [0.2, 0.25) is 0 Å². The molecule has 2 aromatic rings. The van der Waals surface area contributed by atoms with E-state index in [2.05, 4.69) is 9.44 Å². The molecule has 3 N–H and O–H groups in total. The molecule has 0 amide bonds. The summed E-state index contributed by atoms with van der Waals surface area (Å²) in [7, 11) is -7.31. The maximum Gasteiger partial charge on any atom is 0.244 e. The molecule has 9 heteroatoms. The monoisotopic (exact) mass is 344 g/mol. The molecule has 0 fully saturated rings. The highest BCUT2D eigenvalue weighted by Crippen LogP contribution is 2.35. The highest BCUT2D eigenvalue weighted by atomic mass is 32.2. The van der Waals surface area contributed by atoms with Crippen LogP contribution in [0.25, 0.3) is 10.8 Å². The molecule has 0 radical (unpaired) electrons. The SMILES string of the molecule is CCNS(=O)(=O)c1ccc2c(NS(C)(=O)=O)cccc2c1O. The molecular formula is C13H16N2O5S2. The summed E-state index contributed by atoms with van der Waals surface area (Å²) in [6, 6.07) is 7.26. The van der Waals surface area contributed by atoms with E-state index in [0.717, 1.165) is 6.26 Å². The number of hydrogen-bond acceptors (Lipinski definition) is 5. The maximum atomic E-state index is 12.0. The smallest absolute Gasteiger partial charge is 0.244 e. The topological polar surface area (TPSA) is 113 Å². The largest absolute Gasteiger partial charge is 0.506 e. The number of phenols is 1. The molecule has 22 heavy (non-hydrogen) atoms. The van der Waals surface area contributed by atoms with Gasteiger partial charge in [-0.1, -0.05) is 25.1 Å². The van der Waals surface area contributed by atoms with Crippen LogP contribution in [0.3, 0.4) is 0 Å². The van der Waals surface area contributed by atoms with Gasteiger partial charge in [0, 0.05) is 17.3 Å². The molecule has 0 aliphatic carbocycles. The van der Waals surface area contributed by atoms with Gasteiger partial charge < -0.3 is 5.11 Å². The summed E-state index contributed by atoms with van der Waals surface area (Å²) in [5.74, 6) is -0.421. The third-order valence-electron chi connectivity index (χ3n) is 2.92. The van der Waals surface area contributed by atoms with E-state index in [9.17, 15) is 21.9 Å². The number of fused-ring (bicyclic) bond motifs is 1. The van der Waals surface area contributed by atoms with Gasteiger partial charge in [-0.3, -0.25) is 4.72 Å². The second-order valence-electron chi connectivity index (χ2n) is 4.69. The molecule has 0 spiro atoms. The van der Waals surface area contributed by atoms with Crippen molar-refractivity contribution in [1.29, 1.82) is 0 Å². The third-order valence-corrected chi connectivity index (χ3v) is 5.08. The third kappa shape index (κ3) is 3.32. The molecule has 0 bridgehead atoms. The average Bonchev–Trinajstić information content (AvgIpc) is 2.38. The first kappa shape index (κ1) is 16.5. The average molecular weight is 344 g/mol. The zero-order chi connectivity index (χ0) is 16.5. The lowest BCUT2D eigenvalue weighted by atomic mass is 10.1. The van der Waals surface area contributed by atoms with E-state index in [1.807, 2.05) is 0 Å². The minimum Gasteiger partial charge on any atom is -0.506 e. The zero-order valence-corrected chi connectivity index (χ0v) is 13.6. The van der Waals surface area contributed by atoms with Gasteiger partial charge in [0.2, 0.25) is 20.0 Å². The van der Waals surface area contributed by atoms with E-state index >= 15 is 0 Å². The number of sulfonamides is 2. The van der Waals surface area contributed by atoms with Crippen LogP contribution in [0.5, 0.6) is 5.75 Å². The Morgan fingerprint density at radius 2 is 1.73 bits per heavy atom. The minimum absolute atomic E-state index is 0.190. The van der Waals surface area contributed by atoms with Gasteiger partial charge in [-0.05, 0) is 12.1 Å². The number of benzene rings is 2. The Labute approximate surface area is 129 Å². The maximum absolute atomic E-state index is 12.0. The van der Waals surface area contributed by atoms with Crippen molar-refractivity contribution >= 4 is 36.5 Å². The highest BCUT2D eigenvalue weighted by Gasteiger charge is 2.20. The Morgan fingerprint density at radius 1 is 1.05 bits per heavy atom. The summed E-state index contributed by atoms with van der Waals surface area (Å²) in [6.45, 7) is 1.82. The fourth-order valence-electron chi connectivity index (χ4n) is 2.10. The predicted octanol–water partition coefficient (Wildman–Crippen LogP) is 1.22. The van der Waals surface area contributed by atoms with Gasteiger partial charge in [0.1, 0.15) is 10.6 Å². The van der Waals surface area contributed by atoms with Crippen LogP contribution in [0.1, 0.15) is 6.92 Å². The zero-order valence-electron chi connectivity index (χ0n) is 12.0. The number of hydrogen-bond donors (Lipinski definition) is 3. The Morgan fingerprint density at radius 3 is 2.32 bits per heavy atom. The molecule has 2 rings (SSSR count). The summed E-state index contributed by atoms with van der Waals surface area (Å²) in [5, 5.41) is 10.9. The van der Waals surface area contributed by atoms with E-state index in [0.29, 0.717) is 5.39 Å². The first-order chi connectivity index (χ1) is 10.2. The van der Waals surface area contributed by atoms with Gasteiger partial charge in [0.15, 0.2) is 0 Å². The fraction of sp³-hybridized carbons (Fsp3) is 0.231. The second kappa shape index (κ2) is 5.75. The van der Waals surface area contributed by atoms with Crippen molar-refractivity contribution in [1.82, 2.24) is 4.72 Å². The first-order valence-corrected chi connectivity index (χ1v) is 9.75. The van der Waals surface area contributed by atoms with Crippen molar-refractivity contribution in [2.75, 3.05) is 17.5 Å². The molecule has 0 aliphatic rings. The van der Waals surface area contributed by atoms with Crippen LogP contribution in [-0.2, 0) is 20.0 Å². The normalized spacial score (nSPS) is 12.5. The van der Waals surface area contributed by atoms with Crippen LogP contribution in [0, 0.1) is 0 Å². The lowest BCUT2D eigenvalue weighted by molar-refractivity contribution is 0.464. The summed E-state index contributed by atoms with van der Waals surface area (Å²) in [4.78, 5) is -0.252. The van der Waals surface area contributed by atoms with Gasteiger partial charge in [-0.2, -0.15) is 0 Å². The number of nitrogens with one attached hydrogen (secondary N) is 2. The molecule has 120 valence electrons. The standard InChI is InChI=1S/C13H16N2O5S2/c1-3-14-22(19,20)12-8-7-9-10(13(12)16)5-4-6-11(9)15-21(2,17)18/h4-8,14-16H,3H2,1-2H3. The summed E-state index contributed by atoms with van der Waals surface area (Å²) < 4.78 is 51.4. The van der Waals surface area contributed by atoms with Crippen molar-refractivity contribution in [3.8, 4) is 5.75 Å². The Hall–Kier alpha value is -1.84. The molecule has 0 heterocycles. The van der Waals surface area contributed by atoms with Gasteiger partial charge in [-0.25, -0.2) is 21.6 Å². The van der Waals surface area contributed by atoms with Gasteiger partial charge in [-0.15, -0.1) is 0 Å². The van der Waals surface area contributed by atoms with E-state index in [1.54, 1.807) is 6.92 Å². The molecule has 7 nitrogen and oxygen atoms in total. The lowest BCUT2D eigenvalue weighted by Crippen LogP contribution is -2.23. The number of phenolic OH excluding ortho intramolecular Hbond substituents is 1. The molecular weight excluding hydrogens is 328 g/mol. The quantitative estimate of drug-likeness (QED) is 0.755. The Bertz CT molecular complexity index is 921. The van der Waals surface area contributed by atoms with E-state index in [1.165, 1.54) is 30.3 Å². The first-order valence-electron chi connectivity index (χ1n) is 6.38. The van der Waals surface area contributed by atoms with Crippen LogP contribution in [0.15, 0.2) is 35.2 Å². The number of aromatic hydroxyl groups is 1. The molecule has 0 saturated heterocycles. The van der Waals surface area contributed by atoms with Gasteiger partial charge >= 0.3 is 0 Å². The van der Waals surface area contributed by atoms with E-state index in [-0.39, 0.29) is 22.5 Å². The molecule has 0 unspecified atom stereocenters. The van der Waals surface area contributed by atoms with Crippen molar-refractivity contribution in [3.05, 3.63) is 30.3 Å². The highest BCUT2D eigenvalue weighted by molar-refractivity contribution is 7.92. The predicted molar refractivity (Wildman–Crippen MR) is 84.9 cm³/mol. The molecule has 2 aromatic carbocycles. The van der Waals surface area contributed by atoms with Crippen LogP contribution >= 0.6 is 0 Å². The van der Waals surface area contributed by atoms with Crippen molar-refractivity contribution in [3.63, 3.8) is 0 Å². The minimum atomic E-state index is -3.82. The van der Waals surface area contributed by atoms with Crippen LogP contribution in [-0.4, -0.2) is 34.7 Å². The Balaban J connectivity index is 2.69. The molecule has 0 saturated carbocycles. The van der Waals surface area contributed by atoms with E-state index in [4.69, 9.17) is 0 Å². The van der Waals surface area contributed by atoms with Crippen LogP contribution < -0.4 is 9.44 Å². The summed E-state index contributed by atoms with van der Waals surface area (Å²) in [6.07, 6.45) is 1.01.